The standard InChI is InChI=1S/C12H21NO3/c1-8(11(2,3)4)13-9(14)12(10(15)16)6-5-7-12/h8H,5-7H2,1-4H3,(H,13,14)(H,15,16). The van der Waals surface area contributed by atoms with Crippen LogP contribution in [0.1, 0.15) is 47.0 Å². The van der Waals surface area contributed by atoms with Gasteiger partial charge in [0.05, 0.1) is 0 Å². The van der Waals surface area contributed by atoms with Crippen LogP contribution >= 0.6 is 0 Å². The molecule has 16 heavy (non-hydrogen) atoms. The van der Waals surface area contributed by atoms with Crippen LogP contribution in [0.4, 0.5) is 0 Å². The zero-order chi connectivity index (χ0) is 12.6. The Morgan fingerprint density at radius 1 is 1.31 bits per heavy atom. The van der Waals surface area contributed by atoms with Crippen molar-refractivity contribution in [3.63, 3.8) is 0 Å². The number of nitrogens with one attached hydrogen (secondary N) is 1. The van der Waals surface area contributed by atoms with Gasteiger partial charge in [-0.2, -0.15) is 0 Å². The molecule has 0 aromatic rings. The number of amides is 1. The summed E-state index contributed by atoms with van der Waals surface area (Å²) >= 11 is 0. The van der Waals surface area contributed by atoms with Gasteiger partial charge in [0, 0.05) is 6.04 Å². The molecule has 0 aromatic carbocycles. The monoisotopic (exact) mass is 227 g/mol. The van der Waals surface area contributed by atoms with Crippen LogP contribution in [0.25, 0.3) is 0 Å². The van der Waals surface area contributed by atoms with Crippen molar-refractivity contribution in [2.24, 2.45) is 10.8 Å². The van der Waals surface area contributed by atoms with Crippen LogP contribution in [0.15, 0.2) is 0 Å². The van der Waals surface area contributed by atoms with E-state index in [-0.39, 0.29) is 17.4 Å². The first-order valence-electron chi connectivity index (χ1n) is 5.74. The minimum absolute atomic E-state index is 0.0307. The predicted molar refractivity (Wildman–Crippen MR) is 61.0 cm³/mol. The number of hydrogen-bond donors (Lipinski definition) is 2. The number of carbonyl (C=O) groups excluding carboxylic acids is 1. The molecule has 1 fully saturated rings. The van der Waals surface area contributed by atoms with Gasteiger partial charge < -0.3 is 10.4 Å². The second kappa shape index (κ2) is 4.07. The quantitative estimate of drug-likeness (QED) is 0.722. The number of carboxylic acid groups (broad SMARTS) is 1. The fourth-order valence-corrected chi connectivity index (χ4v) is 1.62. The van der Waals surface area contributed by atoms with Crippen molar-refractivity contribution >= 4 is 11.9 Å². The molecule has 1 aliphatic carbocycles. The normalized spacial score (nSPS) is 20.8. The Labute approximate surface area is 96.4 Å². The fourth-order valence-electron chi connectivity index (χ4n) is 1.62. The molecular weight excluding hydrogens is 206 g/mol. The van der Waals surface area contributed by atoms with Crippen LogP contribution in [0, 0.1) is 10.8 Å². The lowest BCUT2D eigenvalue weighted by Gasteiger charge is -2.38. The van der Waals surface area contributed by atoms with Crippen molar-refractivity contribution in [3.8, 4) is 0 Å². The highest BCUT2D eigenvalue weighted by molar-refractivity contribution is 6.02. The Bertz CT molecular complexity index is 300. The Balaban J connectivity index is 2.68. The summed E-state index contributed by atoms with van der Waals surface area (Å²) in [6.45, 7) is 7.97. The SMILES string of the molecule is CC(NC(=O)C1(C(=O)O)CCC1)C(C)(C)C. The molecular formula is C12H21NO3. The molecule has 1 atom stereocenters. The molecule has 0 aromatic heterocycles. The maximum atomic E-state index is 12.0. The van der Waals surface area contributed by atoms with Gasteiger partial charge in [-0.05, 0) is 25.2 Å². The second-order valence-electron chi connectivity index (χ2n) is 5.80. The third kappa shape index (κ3) is 2.20. The van der Waals surface area contributed by atoms with E-state index in [1.54, 1.807) is 0 Å². The van der Waals surface area contributed by atoms with Crippen LogP contribution in [0.3, 0.4) is 0 Å². The number of rotatable bonds is 3. The maximum Gasteiger partial charge on any atom is 0.319 e. The van der Waals surface area contributed by atoms with E-state index in [1.807, 2.05) is 27.7 Å². The Morgan fingerprint density at radius 3 is 2.06 bits per heavy atom. The van der Waals surface area contributed by atoms with Gasteiger partial charge in [0.2, 0.25) is 5.91 Å². The summed E-state index contributed by atoms with van der Waals surface area (Å²) in [6, 6.07) is -0.0307. The first-order valence-corrected chi connectivity index (χ1v) is 5.74. The van der Waals surface area contributed by atoms with E-state index < -0.39 is 11.4 Å². The number of aliphatic carboxylic acids is 1. The van der Waals surface area contributed by atoms with Crippen molar-refractivity contribution in [2.45, 2.75) is 53.0 Å². The van der Waals surface area contributed by atoms with E-state index in [2.05, 4.69) is 5.32 Å². The van der Waals surface area contributed by atoms with Crippen molar-refractivity contribution in [1.82, 2.24) is 5.32 Å². The van der Waals surface area contributed by atoms with E-state index in [0.29, 0.717) is 12.8 Å². The topological polar surface area (TPSA) is 66.4 Å². The summed E-state index contributed by atoms with van der Waals surface area (Å²) < 4.78 is 0. The summed E-state index contributed by atoms with van der Waals surface area (Å²) in [6.07, 6.45) is 1.75. The third-order valence-electron chi connectivity index (χ3n) is 3.70. The minimum Gasteiger partial charge on any atom is -0.480 e. The first kappa shape index (κ1) is 13.0. The van der Waals surface area contributed by atoms with Crippen LogP contribution in [0.5, 0.6) is 0 Å². The Morgan fingerprint density at radius 2 is 1.81 bits per heavy atom. The molecule has 1 unspecified atom stereocenters. The van der Waals surface area contributed by atoms with Crippen molar-refractivity contribution in [1.29, 1.82) is 0 Å². The van der Waals surface area contributed by atoms with Gasteiger partial charge >= 0.3 is 5.97 Å². The van der Waals surface area contributed by atoms with Gasteiger partial charge in [0.1, 0.15) is 5.41 Å². The maximum absolute atomic E-state index is 12.0. The molecule has 0 spiro atoms. The van der Waals surface area contributed by atoms with Gasteiger partial charge in [-0.1, -0.05) is 27.2 Å². The van der Waals surface area contributed by atoms with Gasteiger partial charge in [-0.3, -0.25) is 9.59 Å². The third-order valence-corrected chi connectivity index (χ3v) is 3.70. The van der Waals surface area contributed by atoms with Crippen molar-refractivity contribution in [3.05, 3.63) is 0 Å². The molecule has 0 saturated heterocycles. The summed E-state index contributed by atoms with van der Waals surface area (Å²) in [5.74, 6) is -1.31. The molecule has 0 radical (unpaired) electrons. The Kier molecular flexibility index (Phi) is 3.31. The fraction of sp³-hybridized carbons (Fsp3) is 0.833. The molecule has 1 aliphatic rings. The molecule has 0 heterocycles. The van der Waals surface area contributed by atoms with Crippen LogP contribution < -0.4 is 5.32 Å². The van der Waals surface area contributed by atoms with Gasteiger partial charge in [-0.15, -0.1) is 0 Å². The first-order chi connectivity index (χ1) is 7.20. The zero-order valence-corrected chi connectivity index (χ0v) is 10.5. The van der Waals surface area contributed by atoms with Gasteiger partial charge in [-0.25, -0.2) is 0 Å². The number of carbonyl (C=O) groups is 2. The van der Waals surface area contributed by atoms with Crippen molar-refractivity contribution < 1.29 is 14.7 Å². The van der Waals surface area contributed by atoms with E-state index in [1.165, 1.54) is 0 Å². The van der Waals surface area contributed by atoms with E-state index in [4.69, 9.17) is 5.11 Å². The van der Waals surface area contributed by atoms with Gasteiger partial charge in [0.15, 0.2) is 0 Å². The molecule has 4 heteroatoms. The molecule has 0 aliphatic heterocycles. The summed E-state index contributed by atoms with van der Waals surface area (Å²) in [7, 11) is 0. The molecule has 1 amide bonds. The lowest BCUT2D eigenvalue weighted by atomic mass is 9.68. The lowest BCUT2D eigenvalue weighted by Crippen LogP contribution is -2.55. The predicted octanol–water partition coefficient (Wildman–Crippen LogP) is 1.79. The molecule has 1 rings (SSSR count). The highest BCUT2D eigenvalue weighted by Crippen LogP contribution is 2.41. The number of hydrogen-bond acceptors (Lipinski definition) is 2. The zero-order valence-electron chi connectivity index (χ0n) is 10.5. The van der Waals surface area contributed by atoms with E-state index in [0.717, 1.165) is 6.42 Å². The van der Waals surface area contributed by atoms with Gasteiger partial charge in [0.25, 0.3) is 0 Å². The van der Waals surface area contributed by atoms with Crippen molar-refractivity contribution in [2.75, 3.05) is 0 Å². The smallest absolute Gasteiger partial charge is 0.319 e. The van der Waals surface area contributed by atoms with Crippen LogP contribution in [0.2, 0.25) is 0 Å². The summed E-state index contributed by atoms with van der Waals surface area (Å²) in [5.41, 5.74) is -1.21. The molecule has 92 valence electrons. The lowest BCUT2D eigenvalue weighted by molar-refractivity contribution is -0.162. The Hall–Kier alpha value is -1.06. The highest BCUT2D eigenvalue weighted by Gasteiger charge is 2.51. The van der Waals surface area contributed by atoms with E-state index in [9.17, 15) is 9.59 Å². The second-order valence-corrected chi connectivity index (χ2v) is 5.80. The average molecular weight is 227 g/mol. The van der Waals surface area contributed by atoms with E-state index >= 15 is 0 Å². The molecule has 2 N–H and O–H groups in total. The highest BCUT2D eigenvalue weighted by atomic mass is 16.4. The average Bonchev–Trinajstić information content (AvgIpc) is 1.98. The summed E-state index contributed by atoms with van der Waals surface area (Å²) in [4.78, 5) is 23.1. The molecule has 0 bridgehead atoms. The minimum atomic E-state index is -1.15. The number of carboxylic acids is 1. The summed E-state index contributed by atoms with van der Waals surface area (Å²) in [5, 5.41) is 11.9. The largest absolute Gasteiger partial charge is 0.480 e. The van der Waals surface area contributed by atoms with Crippen LogP contribution in [-0.4, -0.2) is 23.0 Å². The van der Waals surface area contributed by atoms with Crippen LogP contribution in [-0.2, 0) is 9.59 Å². The molecule has 1 saturated carbocycles. The molecule has 4 nitrogen and oxygen atoms in total.